The molecule has 3 N–H and O–H groups in total. The van der Waals surface area contributed by atoms with Gasteiger partial charge < -0.3 is 20.3 Å². The molecule has 0 saturated carbocycles. The number of carbonyl (C=O) groups excluding carboxylic acids is 2. The predicted octanol–water partition coefficient (Wildman–Crippen LogP) is 22.4. The molecule has 0 aliphatic heterocycles. The van der Waals surface area contributed by atoms with Crippen LogP contribution >= 0.6 is 0 Å². The number of aliphatic hydroxyl groups is 2. The average Bonchev–Trinajstić information content (AvgIpc) is 3.42. The van der Waals surface area contributed by atoms with E-state index in [1.807, 2.05) is 6.08 Å². The molecule has 0 aliphatic carbocycles. The lowest BCUT2D eigenvalue weighted by Crippen LogP contribution is -2.45. The van der Waals surface area contributed by atoms with Crippen LogP contribution in [0.2, 0.25) is 0 Å². The number of nitrogens with one attached hydrogen (secondary N) is 1. The van der Waals surface area contributed by atoms with Gasteiger partial charge in [-0.05, 0) is 32.1 Å². The van der Waals surface area contributed by atoms with E-state index in [4.69, 9.17) is 4.74 Å². The zero-order chi connectivity index (χ0) is 55.0. The van der Waals surface area contributed by atoms with Crippen LogP contribution in [0.1, 0.15) is 399 Å². The van der Waals surface area contributed by atoms with Gasteiger partial charge in [0.05, 0.1) is 25.4 Å². The van der Waals surface area contributed by atoms with Gasteiger partial charge in [-0.1, -0.05) is 366 Å². The lowest BCUT2D eigenvalue weighted by atomic mass is 10.0. The van der Waals surface area contributed by atoms with Crippen molar-refractivity contribution in [2.45, 2.75) is 411 Å². The van der Waals surface area contributed by atoms with Crippen molar-refractivity contribution in [2.24, 2.45) is 0 Å². The number of amides is 1. The molecular weight excluding hydrogens is 935 g/mol. The second-order valence-corrected chi connectivity index (χ2v) is 24.2. The number of allylic oxidation sites excluding steroid dienone is 1. The smallest absolute Gasteiger partial charge is 0.305 e. The fraction of sp³-hybridized carbons (Fsp3) is 0.943. The van der Waals surface area contributed by atoms with Gasteiger partial charge in [0, 0.05) is 12.8 Å². The van der Waals surface area contributed by atoms with Crippen molar-refractivity contribution in [1.82, 2.24) is 5.32 Å². The summed E-state index contributed by atoms with van der Waals surface area (Å²) in [5.74, 6) is -0.0424. The molecular formula is C70H137NO5. The van der Waals surface area contributed by atoms with E-state index in [9.17, 15) is 19.8 Å². The Kier molecular flexibility index (Phi) is 64.9. The normalized spacial score (nSPS) is 12.5. The standard InChI is InChI=1S/C70H137NO5/c1-3-5-7-9-11-13-15-16-17-18-19-27-30-33-36-39-43-46-50-54-58-62-68(73)67(66-72)71-69(74)63-59-55-51-47-44-40-37-34-31-28-25-23-21-20-22-24-26-29-32-35-38-41-45-49-53-57-61-65-76-70(75)64-60-56-52-48-42-14-12-10-8-6-4-2/h58,62,67-68,72-73H,3-57,59-61,63-66H2,1-2H3,(H,71,74)/b62-58+. The number of ether oxygens (including phenoxy) is 1. The maximum atomic E-state index is 12.5. The van der Waals surface area contributed by atoms with Crippen LogP contribution < -0.4 is 5.32 Å². The number of hydrogen-bond donors (Lipinski definition) is 3. The number of aliphatic hydroxyl groups excluding tert-OH is 2. The molecule has 1 amide bonds. The molecule has 0 aliphatic rings. The quantitative estimate of drug-likeness (QED) is 0.0320. The molecule has 2 unspecified atom stereocenters. The van der Waals surface area contributed by atoms with Gasteiger partial charge in [0.2, 0.25) is 5.91 Å². The third-order valence-corrected chi connectivity index (χ3v) is 16.6. The second kappa shape index (κ2) is 66.1. The van der Waals surface area contributed by atoms with Crippen molar-refractivity contribution in [3.63, 3.8) is 0 Å². The van der Waals surface area contributed by atoms with Crippen LogP contribution in [-0.2, 0) is 14.3 Å². The number of carbonyl (C=O) groups is 2. The molecule has 0 spiro atoms. The van der Waals surface area contributed by atoms with Crippen LogP contribution in [0.15, 0.2) is 12.2 Å². The van der Waals surface area contributed by atoms with Gasteiger partial charge in [-0.2, -0.15) is 0 Å². The molecule has 0 bridgehead atoms. The number of rotatable bonds is 66. The Morgan fingerprint density at radius 3 is 0.895 bits per heavy atom. The van der Waals surface area contributed by atoms with Crippen LogP contribution in [0, 0.1) is 0 Å². The highest BCUT2D eigenvalue weighted by molar-refractivity contribution is 5.76. The summed E-state index contributed by atoms with van der Waals surface area (Å²) in [5.41, 5.74) is 0. The number of esters is 1. The van der Waals surface area contributed by atoms with Crippen molar-refractivity contribution in [2.75, 3.05) is 13.2 Å². The molecule has 0 rings (SSSR count). The van der Waals surface area contributed by atoms with E-state index in [-0.39, 0.29) is 18.5 Å². The first kappa shape index (κ1) is 74.6. The molecule has 6 nitrogen and oxygen atoms in total. The first-order valence-electron chi connectivity index (χ1n) is 35.0. The van der Waals surface area contributed by atoms with E-state index in [0.717, 1.165) is 38.5 Å². The van der Waals surface area contributed by atoms with Crippen LogP contribution in [0.25, 0.3) is 0 Å². The summed E-state index contributed by atoms with van der Waals surface area (Å²) >= 11 is 0. The van der Waals surface area contributed by atoms with Crippen molar-refractivity contribution < 1.29 is 24.5 Å². The molecule has 452 valence electrons. The molecule has 0 aromatic heterocycles. The fourth-order valence-corrected chi connectivity index (χ4v) is 11.2. The molecule has 0 radical (unpaired) electrons. The number of unbranched alkanes of at least 4 members (excludes halogenated alkanes) is 55. The predicted molar refractivity (Wildman–Crippen MR) is 333 cm³/mol. The molecule has 0 aromatic rings. The molecule has 2 atom stereocenters. The summed E-state index contributed by atoms with van der Waals surface area (Å²) < 4.78 is 5.48. The van der Waals surface area contributed by atoms with E-state index in [2.05, 4.69) is 19.2 Å². The second-order valence-electron chi connectivity index (χ2n) is 24.2. The lowest BCUT2D eigenvalue weighted by Gasteiger charge is -2.20. The largest absolute Gasteiger partial charge is 0.466 e. The monoisotopic (exact) mass is 1070 g/mol. The summed E-state index contributed by atoms with van der Waals surface area (Å²) in [6, 6.07) is -0.626. The molecule has 0 aromatic carbocycles. The molecule has 0 saturated heterocycles. The van der Waals surface area contributed by atoms with Gasteiger partial charge in [-0.25, -0.2) is 0 Å². The third kappa shape index (κ3) is 61.8. The fourth-order valence-electron chi connectivity index (χ4n) is 11.2. The minimum Gasteiger partial charge on any atom is -0.466 e. The van der Waals surface area contributed by atoms with E-state index < -0.39 is 12.1 Å². The summed E-state index contributed by atoms with van der Waals surface area (Å²) in [4.78, 5) is 24.5. The maximum absolute atomic E-state index is 12.5. The highest BCUT2D eigenvalue weighted by Gasteiger charge is 2.18. The van der Waals surface area contributed by atoms with Crippen LogP contribution in [0.4, 0.5) is 0 Å². The Bertz CT molecular complexity index is 1140. The maximum Gasteiger partial charge on any atom is 0.305 e. The summed E-state index contributed by atoms with van der Waals surface area (Å²) in [6.07, 6.45) is 81.5. The number of hydrogen-bond acceptors (Lipinski definition) is 5. The summed E-state index contributed by atoms with van der Waals surface area (Å²) in [6.45, 7) is 4.94. The lowest BCUT2D eigenvalue weighted by molar-refractivity contribution is -0.143. The van der Waals surface area contributed by atoms with Gasteiger partial charge in [-0.3, -0.25) is 9.59 Å². The Morgan fingerprint density at radius 2 is 0.605 bits per heavy atom. The summed E-state index contributed by atoms with van der Waals surface area (Å²) in [7, 11) is 0. The highest BCUT2D eigenvalue weighted by atomic mass is 16.5. The van der Waals surface area contributed by atoms with E-state index >= 15 is 0 Å². The molecule has 6 heteroatoms. The van der Waals surface area contributed by atoms with Crippen LogP contribution in [0.3, 0.4) is 0 Å². The topological polar surface area (TPSA) is 95.9 Å². The van der Waals surface area contributed by atoms with Gasteiger partial charge in [0.1, 0.15) is 0 Å². The first-order chi connectivity index (χ1) is 37.5. The SMILES string of the molecule is CCCCCCCCCCCCCCCCCCCCC/C=C/C(O)C(CO)NC(=O)CCCCCCCCCCCCCCCCCCCCCCCCCCCCCOC(=O)CCCCCCCCCCCCC. The Morgan fingerprint density at radius 1 is 0.355 bits per heavy atom. The van der Waals surface area contributed by atoms with Crippen LogP contribution in [-0.4, -0.2) is 47.4 Å². The minimum atomic E-state index is -0.843. The molecule has 76 heavy (non-hydrogen) atoms. The van der Waals surface area contributed by atoms with E-state index in [1.54, 1.807) is 6.08 Å². The molecule has 0 heterocycles. The highest BCUT2D eigenvalue weighted by Crippen LogP contribution is 2.19. The Labute approximate surface area is 476 Å². The van der Waals surface area contributed by atoms with Crippen LogP contribution in [0.5, 0.6) is 0 Å². The minimum absolute atomic E-state index is 0.0183. The van der Waals surface area contributed by atoms with Crippen molar-refractivity contribution in [3.05, 3.63) is 12.2 Å². The Hall–Kier alpha value is -1.40. The first-order valence-corrected chi connectivity index (χ1v) is 35.0. The van der Waals surface area contributed by atoms with Gasteiger partial charge >= 0.3 is 5.97 Å². The average molecular weight is 1070 g/mol. The zero-order valence-corrected chi connectivity index (χ0v) is 51.8. The molecule has 0 fully saturated rings. The zero-order valence-electron chi connectivity index (χ0n) is 51.8. The van der Waals surface area contributed by atoms with E-state index in [1.165, 1.54) is 334 Å². The van der Waals surface area contributed by atoms with Crippen molar-refractivity contribution in [1.29, 1.82) is 0 Å². The summed E-state index contributed by atoms with van der Waals surface area (Å²) in [5, 5.41) is 23.3. The van der Waals surface area contributed by atoms with Gasteiger partial charge in [-0.15, -0.1) is 0 Å². The van der Waals surface area contributed by atoms with E-state index in [0.29, 0.717) is 19.4 Å². The third-order valence-electron chi connectivity index (χ3n) is 16.6. The van der Waals surface area contributed by atoms with Gasteiger partial charge in [0.25, 0.3) is 0 Å². The van der Waals surface area contributed by atoms with Crippen molar-refractivity contribution in [3.8, 4) is 0 Å². The van der Waals surface area contributed by atoms with Gasteiger partial charge in [0.15, 0.2) is 0 Å². The Balaban J connectivity index is 3.38. The van der Waals surface area contributed by atoms with Crippen molar-refractivity contribution >= 4 is 11.9 Å².